The fourth-order valence-corrected chi connectivity index (χ4v) is 4.69. The lowest BCUT2D eigenvalue weighted by Crippen LogP contribution is -2.54. The smallest absolute Gasteiger partial charge is 0.404 e. The van der Waals surface area contributed by atoms with Crippen molar-refractivity contribution in [1.82, 2.24) is 10.2 Å². The van der Waals surface area contributed by atoms with Crippen molar-refractivity contribution >= 4 is 17.7 Å². The number of amides is 1. The van der Waals surface area contributed by atoms with Crippen molar-refractivity contribution in [3.8, 4) is 0 Å². The van der Waals surface area contributed by atoms with Gasteiger partial charge in [-0.25, -0.2) is 4.79 Å². The normalized spacial score (nSPS) is 32.7. The molecule has 0 aromatic heterocycles. The van der Waals surface area contributed by atoms with Gasteiger partial charge in [0.25, 0.3) is 0 Å². The van der Waals surface area contributed by atoms with E-state index < -0.39 is 23.5 Å². The van der Waals surface area contributed by atoms with E-state index in [2.05, 4.69) is 10.1 Å². The largest absolute Gasteiger partial charge is 0.485 e. The number of nitrogens with one attached hydrogen (secondary N) is 1. The number of rotatable bonds is 7. The summed E-state index contributed by atoms with van der Waals surface area (Å²) in [5.74, 6) is -1.41. The first-order valence-corrected chi connectivity index (χ1v) is 9.32. The third-order valence-corrected chi connectivity index (χ3v) is 5.98. The second kappa shape index (κ2) is 6.97. The molecular formula is C19H23N3O7. The number of methoxy groups -OCH3 is 1. The van der Waals surface area contributed by atoms with Gasteiger partial charge in [0.15, 0.2) is 11.5 Å². The van der Waals surface area contributed by atoms with E-state index in [1.807, 2.05) is 4.90 Å². The fraction of sp³-hybridized carbons (Fsp3) is 0.526. The molecule has 0 radical (unpaired) electrons. The molecule has 4 N–H and O–H groups in total. The zero-order chi connectivity index (χ0) is 20.9. The molecule has 4 unspecified atom stereocenters. The number of ether oxygens (including phenoxy) is 3. The number of carbonyl (C=O) groups excluding carboxylic acids is 3. The maximum Gasteiger partial charge on any atom is 0.404 e. The van der Waals surface area contributed by atoms with Gasteiger partial charge in [-0.1, -0.05) is 0 Å². The molecule has 2 saturated heterocycles. The molecule has 2 fully saturated rings. The Morgan fingerprint density at radius 3 is 2.72 bits per heavy atom. The Hall–Kier alpha value is -2.69. The SMILES string of the molecule is COC12C(CO)C3=C(C(=O)C(C)=C(OCC=CCOC(N)=O)C3=O)N1CC1NC12. The summed E-state index contributed by atoms with van der Waals surface area (Å²) in [4.78, 5) is 38.7. The van der Waals surface area contributed by atoms with Crippen LogP contribution in [0, 0.1) is 5.92 Å². The monoisotopic (exact) mass is 405 g/mol. The fourth-order valence-electron chi connectivity index (χ4n) is 4.69. The summed E-state index contributed by atoms with van der Waals surface area (Å²) in [6.07, 6.45) is 2.18. The van der Waals surface area contributed by atoms with E-state index in [0.29, 0.717) is 12.2 Å². The Labute approximate surface area is 166 Å². The molecule has 0 spiro atoms. The van der Waals surface area contributed by atoms with Crippen molar-refractivity contribution in [2.75, 3.05) is 33.5 Å². The molecule has 3 heterocycles. The van der Waals surface area contributed by atoms with Gasteiger partial charge in [0.2, 0.25) is 11.6 Å². The van der Waals surface area contributed by atoms with Gasteiger partial charge in [-0.05, 0) is 19.1 Å². The average molecular weight is 405 g/mol. The molecular weight excluding hydrogens is 382 g/mol. The zero-order valence-corrected chi connectivity index (χ0v) is 16.1. The number of nitrogens with zero attached hydrogens (tertiary/aromatic N) is 1. The van der Waals surface area contributed by atoms with Gasteiger partial charge >= 0.3 is 6.09 Å². The van der Waals surface area contributed by atoms with E-state index in [1.165, 1.54) is 13.2 Å². The van der Waals surface area contributed by atoms with E-state index in [4.69, 9.17) is 15.2 Å². The number of ketones is 2. The number of fused-ring (bicyclic) bond motifs is 4. The van der Waals surface area contributed by atoms with Crippen LogP contribution in [0.5, 0.6) is 0 Å². The van der Waals surface area contributed by atoms with Crippen LogP contribution >= 0.6 is 0 Å². The van der Waals surface area contributed by atoms with Gasteiger partial charge in [0.1, 0.15) is 13.2 Å². The lowest BCUT2D eigenvalue weighted by atomic mass is 9.83. The highest BCUT2D eigenvalue weighted by molar-refractivity contribution is 6.25. The van der Waals surface area contributed by atoms with Crippen molar-refractivity contribution in [3.63, 3.8) is 0 Å². The number of aliphatic hydroxyl groups excluding tert-OH is 1. The standard InChI is InChI=1S/C19H23N3O7/c1-9-14(24)13-12(15(25)16(9)28-5-3-4-6-29-18(20)26)10(8-23)19(27-2)17-11(21-17)7-22(13)19/h3-4,10-11,17,21,23H,5-8H2,1-2H3,(H2,20,26). The quantitative estimate of drug-likeness (QED) is 0.274. The Balaban J connectivity index is 1.56. The number of nitrogens with two attached hydrogens (primary N) is 1. The van der Waals surface area contributed by atoms with Gasteiger partial charge in [-0.15, -0.1) is 0 Å². The van der Waals surface area contributed by atoms with Crippen LogP contribution < -0.4 is 11.1 Å². The third kappa shape index (κ3) is 2.70. The van der Waals surface area contributed by atoms with Gasteiger partial charge < -0.3 is 35.3 Å². The summed E-state index contributed by atoms with van der Waals surface area (Å²) < 4.78 is 16.0. The lowest BCUT2D eigenvalue weighted by Gasteiger charge is -2.39. The topological polar surface area (TPSA) is 150 Å². The number of piperazine rings is 1. The molecule has 0 aromatic rings. The van der Waals surface area contributed by atoms with Crippen LogP contribution in [0.2, 0.25) is 0 Å². The van der Waals surface area contributed by atoms with Crippen LogP contribution in [-0.4, -0.2) is 79.0 Å². The molecule has 4 atom stereocenters. The molecule has 1 aliphatic carbocycles. The van der Waals surface area contributed by atoms with Crippen molar-refractivity contribution in [1.29, 1.82) is 0 Å². The molecule has 0 aromatic carbocycles. The predicted octanol–water partition coefficient (Wildman–Crippen LogP) is -1.04. The summed E-state index contributed by atoms with van der Waals surface area (Å²) in [5.41, 5.74) is 4.68. The number of primary amides is 1. The van der Waals surface area contributed by atoms with Gasteiger partial charge in [-0.2, -0.15) is 0 Å². The first-order chi connectivity index (χ1) is 13.9. The maximum atomic E-state index is 13.2. The summed E-state index contributed by atoms with van der Waals surface area (Å²) in [6, 6.07) is 0.129. The number of carbonyl (C=O) groups is 3. The molecule has 4 aliphatic rings. The molecule has 0 saturated carbocycles. The second-order valence-electron chi connectivity index (χ2n) is 7.34. The van der Waals surface area contributed by atoms with E-state index in [0.717, 1.165) is 0 Å². The Morgan fingerprint density at radius 2 is 2.07 bits per heavy atom. The molecule has 3 aliphatic heterocycles. The molecule has 156 valence electrons. The van der Waals surface area contributed by atoms with E-state index in [9.17, 15) is 19.5 Å². The molecule has 4 rings (SSSR count). The molecule has 10 heteroatoms. The number of aliphatic hydroxyl groups is 1. The van der Waals surface area contributed by atoms with Crippen LogP contribution in [-0.2, 0) is 23.8 Å². The first kappa shape index (κ1) is 19.6. The Morgan fingerprint density at radius 1 is 1.34 bits per heavy atom. The molecule has 1 amide bonds. The van der Waals surface area contributed by atoms with Crippen molar-refractivity contribution in [2.24, 2.45) is 11.7 Å². The van der Waals surface area contributed by atoms with Gasteiger partial charge in [-0.3, -0.25) is 9.59 Å². The second-order valence-corrected chi connectivity index (χ2v) is 7.34. The zero-order valence-electron chi connectivity index (χ0n) is 16.1. The summed E-state index contributed by atoms with van der Waals surface area (Å²) >= 11 is 0. The minimum Gasteiger partial charge on any atom is -0.485 e. The van der Waals surface area contributed by atoms with Gasteiger partial charge in [0, 0.05) is 30.8 Å². The minimum absolute atomic E-state index is 0.00557. The van der Waals surface area contributed by atoms with Crippen LogP contribution in [0.1, 0.15) is 6.92 Å². The lowest BCUT2D eigenvalue weighted by molar-refractivity contribution is -0.137. The molecule has 29 heavy (non-hydrogen) atoms. The van der Waals surface area contributed by atoms with Crippen LogP contribution in [0.15, 0.2) is 34.8 Å². The number of hydrogen-bond donors (Lipinski definition) is 3. The van der Waals surface area contributed by atoms with Crippen molar-refractivity contribution < 1.29 is 33.7 Å². The Bertz CT molecular complexity index is 877. The van der Waals surface area contributed by atoms with Crippen LogP contribution in [0.25, 0.3) is 0 Å². The molecule has 10 nitrogen and oxygen atoms in total. The van der Waals surface area contributed by atoms with Crippen molar-refractivity contribution in [3.05, 3.63) is 34.8 Å². The van der Waals surface area contributed by atoms with E-state index >= 15 is 0 Å². The molecule has 0 bridgehead atoms. The van der Waals surface area contributed by atoms with E-state index in [1.54, 1.807) is 13.0 Å². The number of Topliss-reactive ketones (excluding diaryl/α,β-unsaturated/α-hetero) is 2. The summed E-state index contributed by atoms with van der Waals surface area (Å²) in [6.45, 7) is 1.75. The summed E-state index contributed by atoms with van der Waals surface area (Å²) in [7, 11) is 1.53. The Kier molecular flexibility index (Phi) is 4.72. The van der Waals surface area contributed by atoms with Crippen molar-refractivity contribution in [2.45, 2.75) is 24.7 Å². The number of allylic oxidation sites excluding steroid dienone is 2. The predicted molar refractivity (Wildman–Crippen MR) is 98.1 cm³/mol. The number of hydrogen-bond acceptors (Lipinski definition) is 9. The highest BCUT2D eigenvalue weighted by Gasteiger charge is 2.72. The maximum absolute atomic E-state index is 13.2. The van der Waals surface area contributed by atoms with E-state index in [-0.39, 0.29) is 54.6 Å². The van der Waals surface area contributed by atoms with Crippen LogP contribution in [0.3, 0.4) is 0 Å². The first-order valence-electron chi connectivity index (χ1n) is 9.32. The third-order valence-electron chi connectivity index (χ3n) is 5.98. The van der Waals surface area contributed by atoms with Crippen LogP contribution in [0.4, 0.5) is 4.79 Å². The average Bonchev–Trinajstić information content (AvgIpc) is 3.30. The highest BCUT2D eigenvalue weighted by Crippen LogP contribution is 2.55. The highest BCUT2D eigenvalue weighted by atomic mass is 16.5. The van der Waals surface area contributed by atoms with Gasteiger partial charge in [0.05, 0.1) is 24.3 Å². The minimum atomic E-state index is -0.947. The summed E-state index contributed by atoms with van der Waals surface area (Å²) in [5, 5.41) is 13.4.